The first-order valence-corrected chi connectivity index (χ1v) is 5.93. The first-order valence-electron chi connectivity index (χ1n) is 5.93. The molecule has 84 valence electrons. The summed E-state index contributed by atoms with van der Waals surface area (Å²) in [7, 11) is 0. The molecule has 14 heavy (non-hydrogen) atoms. The van der Waals surface area contributed by atoms with Crippen molar-refractivity contribution in [2.24, 2.45) is 0 Å². The van der Waals surface area contributed by atoms with E-state index in [9.17, 15) is 0 Å². The Morgan fingerprint density at radius 3 is 2.64 bits per heavy atom. The van der Waals surface area contributed by atoms with Gasteiger partial charge in [0, 0.05) is 25.7 Å². The molecule has 0 radical (unpaired) electrons. The summed E-state index contributed by atoms with van der Waals surface area (Å²) in [6.07, 6.45) is 5.19. The van der Waals surface area contributed by atoms with E-state index in [-0.39, 0.29) is 6.61 Å². The summed E-state index contributed by atoms with van der Waals surface area (Å²) in [5.41, 5.74) is 0. The largest absolute Gasteiger partial charge is 0.395 e. The summed E-state index contributed by atoms with van der Waals surface area (Å²) in [6.45, 7) is 6.61. The third-order valence-electron chi connectivity index (χ3n) is 2.68. The Morgan fingerprint density at radius 1 is 1.29 bits per heavy atom. The molecule has 0 aromatic carbocycles. The number of nitrogens with zero attached hydrogens (tertiary/aromatic N) is 1. The first-order chi connectivity index (χ1) is 6.86. The van der Waals surface area contributed by atoms with E-state index in [2.05, 4.69) is 17.1 Å². The Labute approximate surface area is 87.5 Å². The van der Waals surface area contributed by atoms with Crippen LogP contribution in [0.2, 0.25) is 0 Å². The van der Waals surface area contributed by atoms with Crippen LogP contribution >= 0.6 is 0 Å². The molecule has 1 rings (SSSR count). The number of aliphatic hydroxyl groups is 1. The van der Waals surface area contributed by atoms with Crippen molar-refractivity contribution >= 4 is 0 Å². The molecule has 1 saturated carbocycles. The van der Waals surface area contributed by atoms with Crippen LogP contribution in [0.3, 0.4) is 0 Å². The fourth-order valence-corrected chi connectivity index (χ4v) is 1.57. The van der Waals surface area contributed by atoms with E-state index < -0.39 is 0 Å². The molecule has 1 fully saturated rings. The molecule has 0 unspecified atom stereocenters. The van der Waals surface area contributed by atoms with Crippen LogP contribution in [0.25, 0.3) is 0 Å². The molecular weight excluding hydrogens is 176 g/mol. The Morgan fingerprint density at radius 2 is 2.07 bits per heavy atom. The van der Waals surface area contributed by atoms with Gasteiger partial charge in [0.05, 0.1) is 6.61 Å². The summed E-state index contributed by atoms with van der Waals surface area (Å²) in [4.78, 5) is 2.35. The summed E-state index contributed by atoms with van der Waals surface area (Å²) >= 11 is 0. The predicted octanol–water partition coefficient (Wildman–Crippen LogP) is 0.833. The van der Waals surface area contributed by atoms with Gasteiger partial charge in [-0.15, -0.1) is 0 Å². The molecule has 3 heteroatoms. The minimum atomic E-state index is 0.285. The average molecular weight is 200 g/mol. The van der Waals surface area contributed by atoms with Crippen molar-refractivity contribution in [3.63, 3.8) is 0 Å². The molecule has 0 aromatic heterocycles. The van der Waals surface area contributed by atoms with E-state index in [0.29, 0.717) is 0 Å². The molecule has 1 aliphatic carbocycles. The van der Waals surface area contributed by atoms with Crippen LogP contribution in [-0.2, 0) is 0 Å². The molecule has 0 atom stereocenters. The highest BCUT2D eigenvalue weighted by Gasteiger charge is 2.19. The summed E-state index contributed by atoms with van der Waals surface area (Å²) in [5.74, 6) is 0. The number of nitrogens with one attached hydrogen (secondary N) is 1. The van der Waals surface area contributed by atoms with Gasteiger partial charge in [0.15, 0.2) is 0 Å². The molecule has 1 aliphatic rings. The standard InChI is InChI=1S/C11H24N2O/c1-2-3-7-13(9-10-14)8-6-12-11-4-5-11/h11-12,14H,2-10H2,1H3. The van der Waals surface area contributed by atoms with Gasteiger partial charge in [0.1, 0.15) is 0 Å². The van der Waals surface area contributed by atoms with Gasteiger partial charge in [-0.2, -0.15) is 0 Å². The Bertz CT molecular complexity index is 137. The first kappa shape index (κ1) is 12.0. The van der Waals surface area contributed by atoms with Crippen LogP contribution < -0.4 is 5.32 Å². The summed E-state index contributed by atoms with van der Waals surface area (Å²) in [6, 6.07) is 0.803. The van der Waals surface area contributed by atoms with Crippen LogP contribution in [-0.4, -0.2) is 48.8 Å². The van der Waals surface area contributed by atoms with Gasteiger partial charge < -0.3 is 10.4 Å². The van der Waals surface area contributed by atoms with Gasteiger partial charge in [-0.3, -0.25) is 4.90 Å². The molecule has 0 amide bonds. The van der Waals surface area contributed by atoms with Gasteiger partial charge in [-0.1, -0.05) is 13.3 Å². The normalized spacial score (nSPS) is 16.5. The topological polar surface area (TPSA) is 35.5 Å². The molecular formula is C11H24N2O. The second kappa shape index (κ2) is 7.21. The van der Waals surface area contributed by atoms with Gasteiger partial charge in [-0.25, -0.2) is 0 Å². The summed E-state index contributed by atoms with van der Waals surface area (Å²) in [5, 5.41) is 12.4. The van der Waals surface area contributed by atoms with Gasteiger partial charge in [0.2, 0.25) is 0 Å². The Kier molecular flexibility index (Phi) is 6.15. The van der Waals surface area contributed by atoms with E-state index in [4.69, 9.17) is 5.11 Å². The molecule has 2 N–H and O–H groups in total. The molecule has 0 bridgehead atoms. The lowest BCUT2D eigenvalue weighted by atomic mass is 10.3. The van der Waals surface area contributed by atoms with Crippen LogP contribution in [0, 0.1) is 0 Å². The molecule has 0 heterocycles. The van der Waals surface area contributed by atoms with E-state index >= 15 is 0 Å². The van der Waals surface area contributed by atoms with Crippen LogP contribution in [0.4, 0.5) is 0 Å². The highest BCUT2D eigenvalue weighted by molar-refractivity contribution is 4.81. The minimum absolute atomic E-state index is 0.285. The fraction of sp³-hybridized carbons (Fsp3) is 1.00. The average Bonchev–Trinajstić information content (AvgIpc) is 2.98. The number of unbranched alkanes of at least 4 members (excludes halogenated alkanes) is 1. The van der Waals surface area contributed by atoms with Crippen molar-refractivity contribution in [2.75, 3.05) is 32.8 Å². The number of aliphatic hydroxyl groups excluding tert-OH is 1. The van der Waals surface area contributed by atoms with E-state index in [1.807, 2.05) is 0 Å². The second-order valence-electron chi connectivity index (χ2n) is 4.15. The zero-order valence-corrected chi connectivity index (χ0v) is 9.34. The molecule has 0 aromatic rings. The van der Waals surface area contributed by atoms with Crippen LogP contribution in [0.1, 0.15) is 32.6 Å². The maximum atomic E-state index is 8.89. The van der Waals surface area contributed by atoms with Crippen molar-refractivity contribution in [2.45, 2.75) is 38.6 Å². The fourth-order valence-electron chi connectivity index (χ4n) is 1.57. The zero-order chi connectivity index (χ0) is 10.2. The Balaban J connectivity index is 1.99. The van der Waals surface area contributed by atoms with Gasteiger partial charge in [0.25, 0.3) is 0 Å². The number of hydrogen-bond acceptors (Lipinski definition) is 3. The highest BCUT2D eigenvalue weighted by Crippen LogP contribution is 2.17. The minimum Gasteiger partial charge on any atom is -0.395 e. The van der Waals surface area contributed by atoms with Gasteiger partial charge >= 0.3 is 0 Å². The van der Waals surface area contributed by atoms with E-state index in [1.165, 1.54) is 25.7 Å². The van der Waals surface area contributed by atoms with E-state index in [0.717, 1.165) is 32.2 Å². The van der Waals surface area contributed by atoms with Crippen molar-refractivity contribution < 1.29 is 5.11 Å². The molecule has 0 spiro atoms. The third kappa shape index (κ3) is 5.58. The van der Waals surface area contributed by atoms with Crippen molar-refractivity contribution in [3.05, 3.63) is 0 Å². The lowest BCUT2D eigenvalue weighted by Crippen LogP contribution is -2.35. The molecule has 0 aliphatic heterocycles. The van der Waals surface area contributed by atoms with Crippen molar-refractivity contribution in [1.82, 2.24) is 10.2 Å². The predicted molar refractivity (Wildman–Crippen MR) is 59.5 cm³/mol. The van der Waals surface area contributed by atoms with Crippen molar-refractivity contribution in [1.29, 1.82) is 0 Å². The van der Waals surface area contributed by atoms with Crippen LogP contribution in [0.5, 0.6) is 0 Å². The monoisotopic (exact) mass is 200 g/mol. The quantitative estimate of drug-likeness (QED) is 0.579. The zero-order valence-electron chi connectivity index (χ0n) is 9.34. The second-order valence-corrected chi connectivity index (χ2v) is 4.15. The SMILES string of the molecule is CCCCN(CCO)CCNC1CC1. The lowest BCUT2D eigenvalue weighted by Gasteiger charge is -2.21. The Hall–Kier alpha value is -0.120. The molecule has 3 nitrogen and oxygen atoms in total. The third-order valence-corrected chi connectivity index (χ3v) is 2.68. The smallest absolute Gasteiger partial charge is 0.0558 e. The van der Waals surface area contributed by atoms with Gasteiger partial charge in [-0.05, 0) is 25.8 Å². The number of hydrogen-bond donors (Lipinski definition) is 2. The summed E-state index contributed by atoms with van der Waals surface area (Å²) < 4.78 is 0. The molecule has 0 saturated heterocycles. The maximum absolute atomic E-state index is 8.89. The van der Waals surface area contributed by atoms with Crippen LogP contribution in [0.15, 0.2) is 0 Å². The highest BCUT2D eigenvalue weighted by atomic mass is 16.3. The number of rotatable bonds is 9. The van der Waals surface area contributed by atoms with Crippen molar-refractivity contribution in [3.8, 4) is 0 Å². The lowest BCUT2D eigenvalue weighted by molar-refractivity contribution is 0.194. The van der Waals surface area contributed by atoms with E-state index in [1.54, 1.807) is 0 Å². The maximum Gasteiger partial charge on any atom is 0.0558 e.